The number of piperazine rings is 1. The molecule has 2 aromatic heterocycles. The van der Waals surface area contributed by atoms with E-state index in [-0.39, 0.29) is 24.0 Å². The summed E-state index contributed by atoms with van der Waals surface area (Å²) < 4.78 is 13.8. The smallest absolute Gasteiger partial charge is 0.279 e. The Bertz CT molecular complexity index is 1470. The van der Waals surface area contributed by atoms with Gasteiger partial charge in [0.2, 0.25) is 6.79 Å². The second kappa shape index (κ2) is 8.55. The second-order valence-electron chi connectivity index (χ2n) is 8.71. The third kappa shape index (κ3) is 3.81. The summed E-state index contributed by atoms with van der Waals surface area (Å²) in [5.74, 6) is 1.33. The van der Waals surface area contributed by atoms with Crippen LogP contribution in [0.1, 0.15) is 16.1 Å². The lowest BCUT2D eigenvalue weighted by atomic mass is 10.1. The van der Waals surface area contributed by atoms with E-state index in [1.54, 1.807) is 11.9 Å². The fraction of sp³-hybridized carbons (Fsp3) is 0.280. The fourth-order valence-corrected chi connectivity index (χ4v) is 4.54. The number of nitrogens with zero attached hydrogens (tertiary/aromatic N) is 6. The molecule has 0 bridgehead atoms. The summed E-state index contributed by atoms with van der Waals surface area (Å²) in [4.78, 5) is 34.9. The molecule has 35 heavy (non-hydrogen) atoms. The third-order valence-electron chi connectivity index (χ3n) is 6.45. The normalized spacial score (nSPS) is 15.6. The highest BCUT2D eigenvalue weighted by molar-refractivity contribution is 6.03. The molecule has 1 fully saturated rings. The van der Waals surface area contributed by atoms with Gasteiger partial charge in [0.25, 0.3) is 11.5 Å². The zero-order valence-electron chi connectivity index (χ0n) is 19.3. The molecule has 2 aliphatic rings. The maximum absolute atomic E-state index is 13.5. The maximum Gasteiger partial charge on any atom is 0.279 e. The summed E-state index contributed by atoms with van der Waals surface area (Å²) in [7, 11) is 1.64. The van der Waals surface area contributed by atoms with Crippen molar-refractivity contribution in [3.63, 3.8) is 0 Å². The van der Waals surface area contributed by atoms with Crippen LogP contribution < -0.4 is 15.0 Å². The number of aryl methyl sites for hydroxylation is 1. The van der Waals surface area contributed by atoms with Crippen molar-refractivity contribution in [2.24, 2.45) is 7.05 Å². The van der Waals surface area contributed by atoms with E-state index < -0.39 is 0 Å². The lowest BCUT2D eigenvalue weighted by Gasteiger charge is -2.34. The van der Waals surface area contributed by atoms with Crippen molar-refractivity contribution in [2.75, 3.05) is 33.0 Å². The zero-order chi connectivity index (χ0) is 23.9. The summed E-state index contributed by atoms with van der Waals surface area (Å²) in [6, 6.07) is 15.3. The minimum absolute atomic E-state index is 0.200. The Labute approximate surface area is 200 Å². The Morgan fingerprint density at radius 1 is 1.00 bits per heavy atom. The van der Waals surface area contributed by atoms with Crippen molar-refractivity contribution >= 4 is 16.9 Å². The molecule has 0 atom stereocenters. The minimum Gasteiger partial charge on any atom is -0.454 e. The van der Waals surface area contributed by atoms with Crippen LogP contribution in [-0.4, -0.2) is 68.0 Å². The van der Waals surface area contributed by atoms with Gasteiger partial charge in [0.15, 0.2) is 22.7 Å². The zero-order valence-corrected chi connectivity index (χ0v) is 19.3. The molecule has 0 aliphatic carbocycles. The summed E-state index contributed by atoms with van der Waals surface area (Å²) >= 11 is 0. The first-order chi connectivity index (χ1) is 17.1. The van der Waals surface area contributed by atoms with Crippen LogP contribution >= 0.6 is 0 Å². The number of fused-ring (bicyclic) bond motifs is 2. The number of ether oxygens (including phenoxy) is 2. The Balaban J connectivity index is 1.22. The van der Waals surface area contributed by atoms with Crippen molar-refractivity contribution in [3.8, 4) is 17.2 Å². The van der Waals surface area contributed by atoms with Crippen LogP contribution in [0.2, 0.25) is 0 Å². The summed E-state index contributed by atoms with van der Waals surface area (Å²) in [6.07, 6.45) is 1.43. The first-order valence-corrected chi connectivity index (χ1v) is 11.5. The highest BCUT2D eigenvalue weighted by Crippen LogP contribution is 2.33. The molecule has 2 aliphatic heterocycles. The van der Waals surface area contributed by atoms with Gasteiger partial charge in [-0.05, 0) is 29.8 Å². The molecule has 6 rings (SSSR count). The summed E-state index contributed by atoms with van der Waals surface area (Å²) in [5, 5.41) is 4.57. The van der Waals surface area contributed by atoms with Crippen LogP contribution in [0.5, 0.6) is 11.5 Å². The van der Waals surface area contributed by atoms with Crippen molar-refractivity contribution in [2.45, 2.75) is 6.54 Å². The Hall–Kier alpha value is -4.18. The van der Waals surface area contributed by atoms with Gasteiger partial charge in [-0.1, -0.05) is 24.3 Å². The lowest BCUT2D eigenvalue weighted by Crippen LogP contribution is -2.48. The number of rotatable bonds is 4. The molecule has 1 amide bonds. The van der Waals surface area contributed by atoms with E-state index in [4.69, 9.17) is 9.47 Å². The number of hydrogen-bond donors (Lipinski definition) is 0. The van der Waals surface area contributed by atoms with Gasteiger partial charge in [-0.25, -0.2) is 9.67 Å². The number of benzene rings is 2. The van der Waals surface area contributed by atoms with Crippen LogP contribution in [0.3, 0.4) is 0 Å². The number of carbonyl (C=O) groups excluding carboxylic acids is 1. The average Bonchev–Trinajstić information content (AvgIpc) is 3.52. The van der Waals surface area contributed by atoms with Gasteiger partial charge < -0.3 is 18.9 Å². The van der Waals surface area contributed by atoms with Gasteiger partial charge in [-0.2, -0.15) is 5.10 Å². The molecule has 4 aromatic rings. The van der Waals surface area contributed by atoms with Gasteiger partial charge in [0.05, 0.1) is 12.0 Å². The molecule has 0 spiro atoms. The second-order valence-corrected chi connectivity index (χ2v) is 8.71. The average molecular weight is 473 g/mol. The van der Waals surface area contributed by atoms with Crippen LogP contribution in [0.4, 0.5) is 0 Å². The number of carbonyl (C=O) groups is 1. The van der Waals surface area contributed by atoms with E-state index in [2.05, 4.69) is 15.0 Å². The molecule has 0 unspecified atom stereocenters. The van der Waals surface area contributed by atoms with Crippen molar-refractivity contribution in [1.82, 2.24) is 29.1 Å². The number of amides is 1. The van der Waals surface area contributed by atoms with Crippen LogP contribution in [-0.2, 0) is 13.6 Å². The third-order valence-corrected chi connectivity index (χ3v) is 6.45. The van der Waals surface area contributed by atoms with Gasteiger partial charge in [-0.3, -0.25) is 14.5 Å². The molecule has 10 nitrogen and oxygen atoms in total. The van der Waals surface area contributed by atoms with Crippen molar-refractivity contribution < 1.29 is 14.3 Å². The Morgan fingerprint density at radius 3 is 2.57 bits per heavy atom. The van der Waals surface area contributed by atoms with Gasteiger partial charge in [-0.15, -0.1) is 0 Å². The molecule has 10 heteroatoms. The Morgan fingerprint density at radius 2 is 1.77 bits per heavy atom. The fourth-order valence-electron chi connectivity index (χ4n) is 4.54. The lowest BCUT2D eigenvalue weighted by molar-refractivity contribution is 0.0624. The topological polar surface area (TPSA) is 94.7 Å². The SMILES string of the molecule is Cn1cnc2c(C(=O)N3CCN(Cc4ccc5c(c4)OCO5)CC3)nn(-c3ccccc3)c2c1=O. The van der Waals surface area contributed by atoms with E-state index in [1.807, 2.05) is 48.5 Å². The van der Waals surface area contributed by atoms with Crippen LogP contribution in [0.25, 0.3) is 16.7 Å². The van der Waals surface area contributed by atoms with Gasteiger partial charge in [0, 0.05) is 39.8 Å². The predicted molar refractivity (Wildman–Crippen MR) is 128 cm³/mol. The molecular formula is C25H24N6O4. The van der Waals surface area contributed by atoms with E-state index >= 15 is 0 Å². The summed E-state index contributed by atoms with van der Waals surface area (Å²) in [6.45, 7) is 3.61. The molecule has 178 valence electrons. The predicted octanol–water partition coefficient (Wildman–Crippen LogP) is 1.81. The highest BCUT2D eigenvalue weighted by Gasteiger charge is 2.28. The van der Waals surface area contributed by atoms with Gasteiger partial charge in [0.1, 0.15) is 5.52 Å². The molecular weight excluding hydrogens is 448 g/mol. The number of para-hydroxylation sites is 1. The van der Waals surface area contributed by atoms with Gasteiger partial charge >= 0.3 is 0 Å². The molecule has 0 N–H and O–H groups in total. The van der Waals surface area contributed by atoms with E-state index in [1.165, 1.54) is 15.6 Å². The van der Waals surface area contributed by atoms with Crippen molar-refractivity contribution in [1.29, 1.82) is 0 Å². The van der Waals surface area contributed by atoms with E-state index in [9.17, 15) is 9.59 Å². The number of hydrogen-bond acceptors (Lipinski definition) is 7. The van der Waals surface area contributed by atoms with E-state index in [0.29, 0.717) is 29.8 Å². The molecule has 4 heterocycles. The molecule has 1 saturated heterocycles. The molecule has 2 aromatic carbocycles. The van der Waals surface area contributed by atoms with Crippen LogP contribution in [0, 0.1) is 0 Å². The monoisotopic (exact) mass is 472 g/mol. The maximum atomic E-state index is 13.5. The standard InChI is InChI=1S/C25H24N6O4/c1-28-15-26-21-22(27-31(23(21)25(28)33)18-5-3-2-4-6-18)24(32)30-11-9-29(10-12-30)14-17-7-8-19-20(13-17)35-16-34-19/h2-8,13,15H,9-12,14,16H2,1H3. The first-order valence-electron chi connectivity index (χ1n) is 11.5. The minimum atomic E-state index is -0.251. The first kappa shape index (κ1) is 21.4. The molecule has 0 saturated carbocycles. The quantitative estimate of drug-likeness (QED) is 0.447. The van der Waals surface area contributed by atoms with Crippen LogP contribution in [0.15, 0.2) is 59.7 Å². The molecule has 0 radical (unpaired) electrons. The summed E-state index contributed by atoms with van der Waals surface area (Å²) in [5.41, 5.74) is 2.41. The largest absolute Gasteiger partial charge is 0.454 e. The number of aromatic nitrogens is 4. The van der Waals surface area contributed by atoms with Crippen molar-refractivity contribution in [3.05, 3.63) is 76.5 Å². The van der Waals surface area contributed by atoms with E-state index in [0.717, 1.165) is 36.7 Å². The Kier molecular flexibility index (Phi) is 5.22. The highest BCUT2D eigenvalue weighted by atomic mass is 16.7.